The van der Waals surface area contributed by atoms with Crippen LogP contribution in [0.1, 0.15) is 33.1 Å². The largest absolute Gasteiger partial charge is 0.465 e. The lowest BCUT2D eigenvalue weighted by Crippen LogP contribution is -2.43. The smallest absolute Gasteiger partial charge is 0.320 e. The highest BCUT2D eigenvalue weighted by atomic mass is 16.5. The van der Waals surface area contributed by atoms with Crippen molar-refractivity contribution >= 4 is 18.0 Å². The Morgan fingerprint density at radius 3 is 2.73 bits per heavy atom. The standard InChI is InChI=1S/C11H16O4/c1-3-15-10(14)11(8(2)7-12)6-4-5-9(11)13/h7-8H,3-6H2,1-2H3. The van der Waals surface area contributed by atoms with Crippen LogP contribution in [0.15, 0.2) is 0 Å². The zero-order valence-corrected chi connectivity index (χ0v) is 9.12. The fourth-order valence-corrected chi connectivity index (χ4v) is 2.15. The third kappa shape index (κ3) is 1.80. The minimum Gasteiger partial charge on any atom is -0.465 e. The second-order valence-corrected chi connectivity index (χ2v) is 3.89. The Bertz CT molecular complexity index is 284. The monoisotopic (exact) mass is 212 g/mol. The molecule has 0 radical (unpaired) electrons. The van der Waals surface area contributed by atoms with Crippen LogP contribution >= 0.6 is 0 Å². The summed E-state index contributed by atoms with van der Waals surface area (Å²) in [7, 11) is 0. The molecule has 0 aliphatic heterocycles. The van der Waals surface area contributed by atoms with Gasteiger partial charge in [-0.05, 0) is 19.8 Å². The number of aldehydes is 1. The molecule has 1 aliphatic rings. The molecule has 1 rings (SSSR count). The fourth-order valence-electron chi connectivity index (χ4n) is 2.15. The highest BCUT2D eigenvalue weighted by Crippen LogP contribution is 2.41. The van der Waals surface area contributed by atoms with Crippen molar-refractivity contribution < 1.29 is 19.1 Å². The quantitative estimate of drug-likeness (QED) is 0.398. The molecule has 1 fully saturated rings. The van der Waals surface area contributed by atoms with Gasteiger partial charge in [-0.25, -0.2) is 0 Å². The molecule has 0 saturated heterocycles. The molecule has 0 N–H and O–H groups in total. The zero-order chi connectivity index (χ0) is 11.5. The van der Waals surface area contributed by atoms with Gasteiger partial charge in [-0.2, -0.15) is 0 Å². The number of esters is 1. The lowest BCUT2D eigenvalue weighted by molar-refractivity contribution is -0.163. The average Bonchev–Trinajstić information content (AvgIpc) is 2.60. The first kappa shape index (κ1) is 11.9. The molecule has 0 aromatic heterocycles. The molecular weight excluding hydrogens is 196 g/mol. The molecule has 2 unspecified atom stereocenters. The number of hydrogen-bond donors (Lipinski definition) is 0. The van der Waals surface area contributed by atoms with Crippen LogP contribution in [0.3, 0.4) is 0 Å². The van der Waals surface area contributed by atoms with E-state index >= 15 is 0 Å². The van der Waals surface area contributed by atoms with Crippen LogP contribution < -0.4 is 0 Å². The number of Topliss-reactive ketones (excluding diaryl/α,β-unsaturated/α-hetero) is 1. The van der Waals surface area contributed by atoms with Crippen molar-refractivity contribution in [3.8, 4) is 0 Å². The second-order valence-electron chi connectivity index (χ2n) is 3.89. The van der Waals surface area contributed by atoms with Gasteiger partial charge in [0, 0.05) is 12.3 Å². The third-order valence-corrected chi connectivity index (χ3v) is 3.09. The maximum Gasteiger partial charge on any atom is 0.320 e. The number of ether oxygens (including phenoxy) is 1. The van der Waals surface area contributed by atoms with E-state index in [9.17, 15) is 14.4 Å². The van der Waals surface area contributed by atoms with Gasteiger partial charge in [0.05, 0.1) is 6.61 Å². The Balaban J connectivity index is 3.00. The zero-order valence-electron chi connectivity index (χ0n) is 9.12. The number of hydrogen-bond acceptors (Lipinski definition) is 4. The molecule has 84 valence electrons. The molecular formula is C11H16O4. The van der Waals surface area contributed by atoms with Crippen molar-refractivity contribution in [3.63, 3.8) is 0 Å². The van der Waals surface area contributed by atoms with Gasteiger partial charge in [-0.1, -0.05) is 6.92 Å². The molecule has 0 heterocycles. The summed E-state index contributed by atoms with van der Waals surface area (Å²) < 4.78 is 4.90. The Kier molecular flexibility index (Phi) is 3.61. The number of carbonyl (C=O) groups excluding carboxylic acids is 3. The highest BCUT2D eigenvalue weighted by Gasteiger charge is 2.53. The van der Waals surface area contributed by atoms with E-state index in [0.29, 0.717) is 25.5 Å². The summed E-state index contributed by atoms with van der Waals surface area (Å²) in [5, 5.41) is 0. The molecule has 0 aromatic rings. The third-order valence-electron chi connectivity index (χ3n) is 3.09. The molecule has 2 atom stereocenters. The average molecular weight is 212 g/mol. The van der Waals surface area contributed by atoms with Gasteiger partial charge >= 0.3 is 5.97 Å². The van der Waals surface area contributed by atoms with Gasteiger partial charge in [0.1, 0.15) is 11.7 Å². The Hall–Kier alpha value is -1.19. The van der Waals surface area contributed by atoms with E-state index < -0.39 is 17.3 Å². The maximum absolute atomic E-state index is 11.8. The first-order chi connectivity index (χ1) is 7.09. The van der Waals surface area contributed by atoms with E-state index in [2.05, 4.69) is 0 Å². The lowest BCUT2D eigenvalue weighted by Gasteiger charge is -2.27. The van der Waals surface area contributed by atoms with Gasteiger partial charge in [-0.3, -0.25) is 9.59 Å². The fraction of sp³-hybridized carbons (Fsp3) is 0.727. The molecule has 15 heavy (non-hydrogen) atoms. The van der Waals surface area contributed by atoms with Crippen molar-refractivity contribution in [3.05, 3.63) is 0 Å². The first-order valence-corrected chi connectivity index (χ1v) is 5.25. The van der Waals surface area contributed by atoms with E-state index in [1.807, 2.05) is 0 Å². The highest BCUT2D eigenvalue weighted by molar-refractivity contribution is 6.07. The lowest BCUT2D eigenvalue weighted by atomic mass is 9.74. The van der Waals surface area contributed by atoms with Crippen LogP contribution in [-0.2, 0) is 19.1 Å². The maximum atomic E-state index is 11.8. The van der Waals surface area contributed by atoms with Crippen LogP contribution in [0.25, 0.3) is 0 Å². The van der Waals surface area contributed by atoms with Gasteiger partial charge in [0.15, 0.2) is 5.78 Å². The number of rotatable bonds is 4. The summed E-state index contributed by atoms with van der Waals surface area (Å²) in [6, 6.07) is 0. The van der Waals surface area contributed by atoms with Crippen molar-refractivity contribution in [2.45, 2.75) is 33.1 Å². The Morgan fingerprint density at radius 1 is 1.67 bits per heavy atom. The Morgan fingerprint density at radius 2 is 2.33 bits per heavy atom. The van der Waals surface area contributed by atoms with Crippen LogP contribution in [0.4, 0.5) is 0 Å². The molecule has 4 nitrogen and oxygen atoms in total. The van der Waals surface area contributed by atoms with Crippen LogP contribution in [0.2, 0.25) is 0 Å². The minimum absolute atomic E-state index is 0.152. The van der Waals surface area contributed by atoms with Crippen molar-refractivity contribution in [2.24, 2.45) is 11.3 Å². The molecule has 0 spiro atoms. The van der Waals surface area contributed by atoms with Gasteiger partial charge in [0.2, 0.25) is 0 Å². The van der Waals surface area contributed by atoms with Crippen molar-refractivity contribution in [2.75, 3.05) is 6.61 Å². The normalized spacial score (nSPS) is 27.5. The van der Waals surface area contributed by atoms with E-state index in [1.54, 1.807) is 13.8 Å². The van der Waals surface area contributed by atoms with Crippen LogP contribution in [0.5, 0.6) is 0 Å². The van der Waals surface area contributed by atoms with Crippen molar-refractivity contribution in [1.82, 2.24) is 0 Å². The first-order valence-electron chi connectivity index (χ1n) is 5.25. The second kappa shape index (κ2) is 4.55. The summed E-state index contributed by atoms with van der Waals surface area (Å²) in [6.07, 6.45) is 2.14. The molecule has 1 saturated carbocycles. The van der Waals surface area contributed by atoms with Crippen LogP contribution in [-0.4, -0.2) is 24.6 Å². The number of ketones is 1. The summed E-state index contributed by atoms with van der Waals surface area (Å²) in [5.41, 5.74) is -1.20. The minimum atomic E-state index is -1.20. The van der Waals surface area contributed by atoms with E-state index in [0.717, 1.165) is 0 Å². The molecule has 0 bridgehead atoms. The van der Waals surface area contributed by atoms with Crippen molar-refractivity contribution in [1.29, 1.82) is 0 Å². The molecule has 0 amide bonds. The van der Waals surface area contributed by atoms with E-state index in [-0.39, 0.29) is 12.4 Å². The Labute approximate surface area is 89.0 Å². The predicted octanol–water partition coefficient (Wildman–Crippen LogP) is 1.12. The van der Waals surface area contributed by atoms with Crippen LogP contribution in [0, 0.1) is 11.3 Å². The summed E-state index contributed by atoms with van der Waals surface area (Å²) in [6.45, 7) is 3.53. The summed E-state index contributed by atoms with van der Waals surface area (Å²) >= 11 is 0. The van der Waals surface area contributed by atoms with Gasteiger partial charge < -0.3 is 9.53 Å². The topological polar surface area (TPSA) is 60.4 Å². The molecule has 4 heteroatoms. The SMILES string of the molecule is CCOC(=O)C1(C(C)C=O)CCCC1=O. The predicted molar refractivity (Wildman–Crippen MR) is 53.2 cm³/mol. The van der Waals surface area contributed by atoms with Gasteiger partial charge in [0.25, 0.3) is 0 Å². The van der Waals surface area contributed by atoms with E-state index in [1.165, 1.54) is 0 Å². The summed E-state index contributed by atoms with van der Waals surface area (Å²) in [4.78, 5) is 34.3. The summed E-state index contributed by atoms with van der Waals surface area (Å²) in [5.74, 6) is -1.28. The molecule has 1 aliphatic carbocycles. The van der Waals surface area contributed by atoms with Gasteiger partial charge in [-0.15, -0.1) is 0 Å². The number of carbonyl (C=O) groups is 3. The van der Waals surface area contributed by atoms with E-state index in [4.69, 9.17) is 4.74 Å². The molecule has 0 aromatic carbocycles.